The third-order valence-electron chi connectivity index (χ3n) is 4.21. The predicted octanol–water partition coefficient (Wildman–Crippen LogP) is 2.68. The van der Waals surface area contributed by atoms with Crippen molar-refractivity contribution < 1.29 is 4.74 Å². The molecule has 1 saturated heterocycles. The van der Waals surface area contributed by atoms with E-state index in [1.54, 1.807) is 19.2 Å². The van der Waals surface area contributed by atoms with Crippen molar-refractivity contribution in [2.75, 3.05) is 30.8 Å². The lowest BCUT2D eigenvalue weighted by molar-refractivity contribution is 0.415. The first-order chi connectivity index (χ1) is 11.7. The summed E-state index contributed by atoms with van der Waals surface area (Å²) in [5.74, 6) is 1.43. The van der Waals surface area contributed by atoms with Crippen LogP contribution < -0.4 is 15.4 Å². The Morgan fingerprint density at radius 3 is 2.25 bits per heavy atom. The molecule has 1 aliphatic rings. The summed E-state index contributed by atoms with van der Waals surface area (Å²) in [4.78, 5) is 6.41. The molecule has 0 spiro atoms. The van der Waals surface area contributed by atoms with Crippen molar-refractivity contribution in [3.63, 3.8) is 0 Å². The van der Waals surface area contributed by atoms with Gasteiger partial charge < -0.3 is 15.4 Å². The van der Waals surface area contributed by atoms with Gasteiger partial charge in [-0.15, -0.1) is 0 Å². The molecule has 0 atom stereocenters. The summed E-state index contributed by atoms with van der Waals surface area (Å²) < 4.78 is 5.17. The fraction of sp³-hybridized carbons (Fsp3) is 0.278. The van der Waals surface area contributed by atoms with Gasteiger partial charge in [-0.05, 0) is 30.5 Å². The Balaban J connectivity index is 2.25. The van der Waals surface area contributed by atoms with Gasteiger partial charge in [0, 0.05) is 18.7 Å². The van der Waals surface area contributed by atoms with E-state index in [0.29, 0.717) is 22.7 Å². The van der Waals surface area contributed by atoms with Crippen molar-refractivity contribution in [3.8, 4) is 29.0 Å². The van der Waals surface area contributed by atoms with E-state index in [2.05, 4.69) is 22.0 Å². The van der Waals surface area contributed by atoms with Gasteiger partial charge >= 0.3 is 0 Å². The van der Waals surface area contributed by atoms with Gasteiger partial charge in [-0.3, -0.25) is 0 Å². The summed E-state index contributed by atoms with van der Waals surface area (Å²) in [6.45, 7) is 1.68. The van der Waals surface area contributed by atoms with Crippen molar-refractivity contribution >= 4 is 11.6 Å². The van der Waals surface area contributed by atoms with E-state index in [9.17, 15) is 10.5 Å². The van der Waals surface area contributed by atoms with Crippen molar-refractivity contribution in [3.05, 3.63) is 35.4 Å². The number of anilines is 2. The number of nitriles is 2. The number of rotatable bonds is 3. The quantitative estimate of drug-likeness (QED) is 0.933. The number of ether oxygens (including phenoxy) is 1. The molecule has 2 N–H and O–H groups in total. The molecule has 6 nitrogen and oxygen atoms in total. The number of aromatic nitrogens is 1. The molecule has 24 heavy (non-hydrogen) atoms. The van der Waals surface area contributed by atoms with E-state index in [0.717, 1.165) is 31.5 Å². The summed E-state index contributed by atoms with van der Waals surface area (Å²) in [5.41, 5.74) is 7.94. The van der Waals surface area contributed by atoms with E-state index in [1.165, 1.54) is 0 Å². The lowest BCUT2D eigenvalue weighted by atomic mass is 9.95. The van der Waals surface area contributed by atoms with E-state index in [1.807, 2.05) is 12.1 Å². The second-order valence-corrected chi connectivity index (χ2v) is 5.59. The Morgan fingerprint density at radius 2 is 1.71 bits per heavy atom. The van der Waals surface area contributed by atoms with Gasteiger partial charge in [0.2, 0.25) is 0 Å². The summed E-state index contributed by atoms with van der Waals surface area (Å²) in [5, 5.41) is 19.3. The van der Waals surface area contributed by atoms with Gasteiger partial charge in [0.25, 0.3) is 0 Å². The maximum absolute atomic E-state index is 9.74. The van der Waals surface area contributed by atoms with Crippen molar-refractivity contribution in [2.45, 2.75) is 12.8 Å². The summed E-state index contributed by atoms with van der Waals surface area (Å²) in [6, 6.07) is 11.6. The smallest absolute Gasteiger partial charge is 0.149 e. The highest BCUT2D eigenvalue weighted by atomic mass is 16.5. The molecule has 0 unspecified atom stereocenters. The maximum atomic E-state index is 9.74. The predicted molar refractivity (Wildman–Crippen MR) is 91.5 cm³/mol. The Bertz CT molecular complexity index is 840. The highest BCUT2D eigenvalue weighted by molar-refractivity contribution is 5.85. The Kier molecular flexibility index (Phi) is 4.22. The molecule has 2 heterocycles. The monoisotopic (exact) mass is 319 g/mol. The van der Waals surface area contributed by atoms with E-state index in [4.69, 9.17) is 10.5 Å². The molecule has 1 aromatic carbocycles. The first-order valence-electron chi connectivity index (χ1n) is 7.72. The van der Waals surface area contributed by atoms with Crippen LogP contribution in [0.5, 0.6) is 5.75 Å². The molecular weight excluding hydrogens is 302 g/mol. The summed E-state index contributed by atoms with van der Waals surface area (Å²) >= 11 is 0. The van der Waals surface area contributed by atoms with Crippen LogP contribution in [0.2, 0.25) is 0 Å². The lowest BCUT2D eigenvalue weighted by Gasteiger charge is -2.21. The number of hydrogen-bond acceptors (Lipinski definition) is 6. The van der Waals surface area contributed by atoms with Crippen LogP contribution in [0.15, 0.2) is 24.3 Å². The van der Waals surface area contributed by atoms with Crippen LogP contribution in [-0.2, 0) is 0 Å². The molecule has 0 saturated carbocycles. The van der Waals surface area contributed by atoms with Crippen molar-refractivity contribution in [1.29, 1.82) is 10.5 Å². The zero-order chi connectivity index (χ0) is 17.1. The first kappa shape index (κ1) is 15.6. The molecule has 0 aliphatic carbocycles. The number of nitrogens with zero attached hydrogens (tertiary/aromatic N) is 4. The highest BCUT2D eigenvalue weighted by Gasteiger charge is 2.25. The molecule has 120 valence electrons. The minimum atomic E-state index is 0.157. The van der Waals surface area contributed by atoms with Crippen molar-refractivity contribution in [2.24, 2.45) is 0 Å². The Hall–Kier alpha value is -3.25. The fourth-order valence-electron chi connectivity index (χ4n) is 3.01. The number of benzene rings is 1. The minimum Gasteiger partial charge on any atom is -0.497 e. The molecule has 1 aromatic heterocycles. The Morgan fingerprint density at radius 1 is 1.08 bits per heavy atom. The highest BCUT2D eigenvalue weighted by Crippen LogP contribution is 2.36. The molecule has 2 aromatic rings. The normalized spacial score (nSPS) is 13.4. The average Bonchev–Trinajstić information content (AvgIpc) is 3.15. The SMILES string of the molecule is COc1ccc(-c2c(C#N)c(N)nc(N3CCCC3)c2C#N)cc1. The molecule has 0 bridgehead atoms. The van der Waals surface area contributed by atoms with E-state index < -0.39 is 0 Å². The number of nitrogens with two attached hydrogens (primary N) is 1. The van der Waals surface area contributed by atoms with Gasteiger partial charge in [-0.1, -0.05) is 12.1 Å². The third-order valence-corrected chi connectivity index (χ3v) is 4.21. The molecule has 1 fully saturated rings. The zero-order valence-corrected chi connectivity index (χ0v) is 13.4. The van der Waals surface area contributed by atoms with Crippen LogP contribution in [-0.4, -0.2) is 25.2 Å². The van der Waals surface area contributed by atoms with E-state index in [-0.39, 0.29) is 11.4 Å². The van der Waals surface area contributed by atoms with Gasteiger partial charge in [0.1, 0.15) is 40.7 Å². The van der Waals surface area contributed by atoms with Crippen LogP contribution in [0.3, 0.4) is 0 Å². The second-order valence-electron chi connectivity index (χ2n) is 5.59. The topological polar surface area (TPSA) is 99.0 Å². The van der Waals surface area contributed by atoms with Crippen LogP contribution in [0, 0.1) is 22.7 Å². The van der Waals surface area contributed by atoms with Crippen LogP contribution in [0.25, 0.3) is 11.1 Å². The third kappa shape index (κ3) is 2.59. The number of nitrogen functional groups attached to an aromatic ring is 1. The minimum absolute atomic E-state index is 0.157. The Labute approximate surface area is 140 Å². The zero-order valence-electron chi connectivity index (χ0n) is 13.4. The van der Waals surface area contributed by atoms with Crippen molar-refractivity contribution in [1.82, 2.24) is 4.98 Å². The summed E-state index contributed by atoms with van der Waals surface area (Å²) in [6.07, 6.45) is 2.12. The second kappa shape index (κ2) is 6.47. The van der Waals surface area contributed by atoms with Crippen LogP contribution >= 0.6 is 0 Å². The number of hydrogen-bond donors (Lipinski definition) is 1. The molecule has 0 radical (unpaired) electrons. The fourth-order valence-corrected chi connectivity index (χ4v) is 3.01. The average molecular weight is 319 g/mol. The first-order valence-corrected chi connectivity index (χ1v) is 7.72. The number of pyridine rings is 1. The van der Waals surface area contributed by atoms with Gasteiger partial charge in [-0.2, -0.15) is 10.5 Å². The molecular formula is C18H17N5O. The van der Waals surface area contributed by atoms with Crippen LogP contribution in [0.1, 0.15) is 24.0 Å². The largest absolute Gasteiger partial charge is 0.497 e. The van der Waals surface area contributed by atoms with Crippen LogP contribution in [0.4, 0.5) is 11.6 Å². The van der Waals surface area contributed by atoms with Gasteiger partial charge in [0.05, 0.1) is 7.11 Å². The molecule has 0 amide bonds. The number of methoxy groups -OCH3 is 1. The maximum Gasteiger partial charge on any atom is 0.149 e. The lowest BCUT2D eigenvalue weighted by Crippen LogP contribution is -2.21. The molecule has 3 rings (SSSR count). The van der Waals surface area contributed by atoms with E-state index >= 15 is 0 Å². The molecule has 1 aliphatic heterocycles. The van der Waals surface area contributed by atoms with Gasteiger partial charge in [0.15, 0.2) is 0 Å². The van der Waals surface area contributed by atoms with Gasteiger partial charge in [-0.25, -0.2) is 4.98 Å². The summed E-state index contributed by atoms with van der Waals surface area (Å²) in [7, 11) is 1.59. The molecule has 6 heteroatoms. The standard InChI is InChI=1S/C18H17N5O/c1-24-13-6-4-12(5-7-13)16-14(10-19)17(21)22-18(15(16)11-20)23-8-2-3-9-23/h4-7H,2-3,8-9H2,1H3,(H2,21,22).